The maximum absolute atomic E-state index is 12.6. The minimum atomic E-state index is -0.858. The summed E-state index contributed by atoms with van der Waals surface area (Å²) in [6.07, 6.45) is 2.80. The number of hydrogen-bond acceptors (Lipinski definition) is 4. The molecule has 2 N–H and O–H groups in total. The molecule has 2 aromatic heterocycles. The van der Waals surface area contributed by atoms with Gasteiger partial charge in [0, 0.05) is 11.3 Å². The standard InChI is InChI=1S/C18H16N2O3S/c21-16-15-14-11(18(22)23)7-4-8-12(14)24-17(15)20-13(19-16)9-10-5-2-1-3-6-10/h1-3,5-6,11H,4,7-9H2,(H,22,23)(H,19,20,21). The number of aryl methyl sites for hydroxylation is 1. The van der Waals surface area contributed by atoms with Crippen LogP contribution in [0, 0.1) is 0 Å². The predicted molar refractivity (Wildman–Crippen MR) is 92.8 cm³/mol. The number of aromatic nitrogens is 2. The van der Waals surface area contributed by atoms with E-state index in [4.69, 9.17) is 0 Å². The molecule has 0 saturated heterocycles. The van der Waals surface area contributed by atoms with Crippen molar-refractivity contribution >= 4 is 27.5 Å². The number of carbonyl (C=O) groups is 1. The first-order valence-corrected chi connectivity index (χ1v) is 8.76. The molecule has 1 aliphatic rings. The summed E-state index contributed by atoms with van der Waals surface area (Å²) in [5.41, 5.74) is 1.54. The van der Waals surface area contributed by atoms with Crippen molar-refractivity contribution in [2.45, 2.75) is 31.6 Å². The van der Waals surface area contributed by atoms with E-state index < -0.39 is 11.9 Å². The van der Waals surface area contributed by atoms with Gasteiger partial charge in [-0.1, -0.05) is 30.3 Å². The molecular formula is C18H16N2O3S. The Hall–Kier alpha value is -2.47. The number of benzene rings is 1. The Kier molecular flexibility index (Phi) is 3.69. The molecule has 3 aromatic rings. The summed E-state index contributed by atoms with van der Waals surface area (Å²) in [6.45, 7) is 0. The number of nitrogens with one attached hydrogen (secondary N) is 1. The Bertz CT molecular complexity index is 975. The van der Waals surface area contributed by atoms with Crippen molar-refractivity contribution < 1.29 is 9.90 Å². The van der Waals surface area contributed by atoms with Gasteiger partial charge in [-0.3, -0.25) is 9.59 Å². The molecule has 122 valence electrons. The minimum Gasteiger partial charge on any atom is -0.481 e. The Morgan fingerprint density at radius 1 is 1.33 bits per heavy atom. The molecule has 2 heterocycles. The zero-order valence-corrected chi connectivity index (χ0v) is 13.7. The highest BCUT2D eigenvalue weighted by molar-refractivity contribution is 7.18. The van der Waals surface area contributed by atoms with Gasteiger partial charge in [0.2, 0.25) is 0 Å². The Labute approximate surface area is 142 Å². The lowest BCUT2D eigenvalue weighted by Crippen LogP contribution is -2.20. The Morgan fingerprint density at radius 3 is 2.88 bits per heavy atom. The second-order valence-electron chi connectivity index (χ2n) is 6.08. The third-order valence-electron chi connectivity index (χ3n) is 4.48. The lowest BCUT2D eigenvalue weighted by molar-refractivity contribution is -0.139. The molecule has 1 unspecified atom stereocenters. The normalized spacial score (nSPS) is 16.9. The zero-order chi connectivity index (χ0) is 16.7. The van der Waals surface area contributed by atoms with Crippen molar-refractivity contribution in [3.63, 3.8) is 0 Å². The van der Waals surface area contributed by atoms with Gasteiger partial charge < -0.3 is 10.1 Å². The first kappa shape index (κ1) is 15.1. The van der Waals surface area contributed by atoms with E-state index in [1.54, 1.807) is 0 Å². The Morgan fingerprint density at radius 2 is 2.12 bits per heavy atom. The first-order chi connectivity index (χ1) is 11.6. The van der Waals surface area contributed by atoms with Crippen molar-refractivity contribution in [1.29, 1.82) is 0 Å². The van der Waals surface area contributed by atoms with E-state index in [9.17, 15) is 14.7 Å². The van der Waals surface area contributed by atoms with Gasteiger partial charge in [-0.25, -0.2) is 4.98 Å². The molecule has 24 heavy (non-hydrogen) atoms. The van der Waals surface area contributed by atoms with Crippen molar-refractivity contribution in [3.8, 4) is 0 Å². The van der Waals surface area contributed by atoms with Gasteiger partial charge in [0.25, 0.3) is 5.56 Å². The third-order valence-corrected chi connectivity index (χ3v) is 5.64. The molecule has 1 atom stereocenters. The van der Waals surface area contributed by atoms with Crippen LogP contribution in [0.2, 0.25) is 0 Å². The fourth-order valence-electron chi connectivity index (χ4n) is 3.40. The van der Waals surface area contributed by atoms with Gasteiger partial charge in [-0.2, -0.15) is 0 Å². The van der Waals surface area contributed by atoms with E-state index in [-0.39, 0.29) is 5.56 Å². The number of thiophene rings is 1. The van der Waals surface area contributed by atoms with E-state index in [1.807, 2.05) is 30.3 Å². The van der Waals surface area contributed by atoms with Crippen LogP contribution >= 0.6 is 11.3 Å². The largest absolute Gasteiger partial charge is 0.481 e. The number of hydrogen-bond donors (Lipinski definition) is 2. The molecule has 5 nitrogen and oxygen atoms in total. The number of rotatable bonds is 3. The molecule has 1 aliphatic carbocycles. The number of nitrogens with zero attached hydrogens (tertiary/aromatic N) is 1. The molecule has 0 aliphatic heterocycles. The lowest BCUT2D eigenvalue weighted by Gasteiger charge is -2.18. The second-order valence-corrected chi connectivity index (χ2v) is 7.16. The first-order valence-electron chi connectivity index (χ1n) is 7.94. The summed E-state index contributed by atoms with van der Waals surface area (Å²) in [5, 5.41) is 9.95. The highest BCUT2D eigenvalue weighted by atomic mass is 32.1. The summed E-state index contributed by atoms with van der Waals surface area (Å²) in [5.74, 6) is -0.835. The molecule has 0 amide bonds. The predicted octanol–water partition coefficient (Wildman–Crippen LogP) is 3.08. The molecule has 0 fully saturated rings. The summed E-state index contributed by atoms with van der Waals surface area (Å²) >= 11 is 1.47. The van der Waals surface area contributed by atoms with E-state index >= 15 is 0 Å². The molecule has 0 spiro atoms. The number of H-pyrrole nitrogens is 1. The van der Waals surface area contributed by atoms with Gasteiger partial charge in [0.1, 0.15) is 10.7 Å². The summed E-state index contributed by atoms with van der Waals surface area (Å²) in [7, 11) is 0. The molecule has 6 heteroatoms. The van der Waals surface area contributed by atoms with E-state index in [2.05, 4.69) is 9.97 Å². The van der Waals surface area contributed by atoms with Crippen molar-refractivity contribution in [2.24, 2.45) is 0 Å². The average Bonchev–Trinajstić information content (AvgIpc) is 2.94. The minimum absolute atomic E-state index is 0.225. The second kappa shape index (κ2) is 5.87. The van der Waals surface area contributed by atoms with Crippen LogP contribution in [0.25, 0.3) is 10.2 Å². The monoisotopic (exact) mass is 340 g/mol. The molecule has 0 radical (unpaired) electrons. The Balaban J connectivity index is 1.83. The number of carboxylic acid groups (broad SMARTS) is 1. The summed E-state index contributed by atoms with van der Waals surface area (Å²) < 4.78 is 0. The maximum atomic E-state index is 12.6. The van der Waals surface area contributed by atoms with Crippen molar-refractivity contribution in [1.82, 2.24) is 9.97 Å². The van der Waals surface area contributed by atoms with Crippen LogP contribution in [0.5, 0.6) is 0 Å². The molecular weight excluding hydrogens is 324 g/mol. The lowest BCUT2D eigenvalue weighted by atomic mass is 9.86. The van der Waals surface area contributed by atoms with E-state index in [0.29, 0.717) is 34.4 Å². The quantitative estimate of drug-likeness (QED) is 0.767. The smallest absolute Gasteiger partial charge is 0.311 e. The molecule has 1 aromatic carbocycles. The fraction of sp³-hybridized carbons (Fsp3) is 0.278. The van der Waals surface area contributed by atoms with Crippen LogP contribution < -0.4 is 5.56 Å². The number of carboxylic acids is 1. The molecule has 4 rings (SSSR count). The summed E-state index contributed by atoms with van der Waals surface area (Å²) in [4.78, 5) is 33.3. The van der Waals surface area contributed by atoms with Crippen LogP contribution in [0.15, 0.2) is 35.1 Å². The van der Waals surface area contributed by atoms with Crippen molar-refractivity contribution in [2.75, 3.05) is 0 Å². The molecule has 0 saturated carbocycles. The SMILES string of the molecule is O=C(O)C1CCCc2sc3nc(Cc4ccccc4)[nH]c(=O)c3c21. The van der Waals surface area contributed by atoms with Crippen LogP contribution in [0.1, 0.15) is 40.6 Å². The third kappa shape index (κ3) is 2.53. The van der Waals surface area contributed by atoms with Gasteiger partial charge in [0.15, 0.2) is 0 Å². The summed E-state index contributed by atoms with van der Waals surface area (Å²) in [6, 6.07) is 9.83. The highest BCUT2D eigenvalue weighted by Crippen LogP contribution is 2.40. The van der Waals surface area contributed by atoms with Crippen LogP contribution in [-0.2, 0) is 17.6 Å². The van der Waals surface area contributed by atoms with Gasteiger partial charge in [-0.15, -0.1) is 11.3 Å². The van der Waals surface area contributed by atoms with Crippen LogP contribution in [0.4, 0.5) is 0 Å². The van der Waals surface area contributed by atoms with Gasteiger partial charge in [-0.05, 0) is 30.4 Å². The fourth-order valence-corrected chi connectivity index (χ4v) is 4.70. The maximum Gasteiger partial charge on any atom is 0.311 e. The number of aromatic amines is 1. The average molecular weight is 340 g/mol. The zero-order valence-electron chi connectivity index (χ0n) is 12.9. The van der Waals surface area contributed by atoms with Crippen LogP contribution in [0.3, 0.4) is 0 Å². The van der Waals surface area contributed by atoms with Crippen LogP contribution in [-0.4, -0.2) is 21.0 Å². The van der Waals surface area contributed by atoms with Crippen molar-refractivity contribution in [3.05, 3.63) is 62.5 Å². The topological polar surface area (TPSA) is 83.0 Å². The van der Waals surface area contributed by atoms with E-state index in [0.717, 1.165) is 23.3 Å². The van der Waals surface area contributed by atoms with Gasteiger partial charge >= 0.3 is 5.97 Å². The number of aliphatic carboxylic acids is 1. The highest BCUT2D eigenvalue weighted by Gasteiger charge is 2.31. The van der Waals surface area contributed by atoms with E-state index in [1.165, 1.54) is 11.3 Å². The van der Waals surface area contributed by atoms with Gasteiger partial charge in [0.05, 0.1) is 11.3 Å². The number of fused-ring (bicyclic) bond motifs is 3. The molecule has 0 bridgehead atoms.